The van der Waals surface area contributed by atoms with Gasteiger partial charge in [-0.1, -0.05) is 89.4 Å². The molecule has 248 valence electrons. The van der Waals surface area contributed by atoms with Crippen molar-refractivity contribution in [3.63, 3.8) is 0 Å². The number of nitrogens with zero attached hydrogens (tertiary/aromatic N) is 2. The van der Waals surface area contributed by atoms with Crippen LogP contribution in [0.5, 0.6) is 5.75 Å². The highest BCUT2D eigenvalue weighted by atomic mass is 79.9. The highest BCUT2D eigenvalue weighted by Crippen LogP contribution is 2.28. The van der Waals surface area contributed by atoms with Crippen LogP contribution in [0.1, 0.15) is 43.4 Å². The summed E-state index contributed by atoms with van der Waals surface area (Å²) in [6.45, 7) is 6.41. The molecule has 0 saturated carbocycles. The molecule has 0 aliphatic rings. The molecule has 8 nitrogen and oxygen atoms in total. The van der Waals surface area contributed by atoms with Crippen molar-refractivity contribution in [1.82, 2.24) is 10.2 Å². The number of hydrogen-bond donors (Lipinski definition) is 1. The van der Waals surface area contributed by atoms with E-state index in [-0.39, 0.29) is 23.8 Å². The van der Waals surface area contributed by atoms with Crippen molar-refractivity contribution in [3.05, 3.63) is 124 Å². The highest BCUT2D eigenvalue weighted by molar-refractivity contribution is 9.10. The normalized spacial score (nSPS) is 11.8. The fraction of sp³-hybridized carbons (Fsp3) is 0.297. The maximum absolute atomic E-state index is 14.6. The molecule has 0 bridgehead atoms. The fourth-order valence-corrected chi connectivity index (χ4v) is 6.77. The third-order valence-electron chi connectivity index (χ3n) is 7.69. The third kappa shape index (κ3) is 9.92. The van der Waals surface area contributed by atoms with Crippen molar-refractivity contribution < 1.29 is 22.7 Å². The van der Waals surface area contributed by atoms with E-state index < -0.39 is 28.5 Å². The van der Waals surface area contributed by atoms with Gasteiger partial charge in [0.25, 0.3) is 10.0 Å². The summed E-state index contributed by atoms with van der Waals surface area (Å²) in [5.74, 6) is -0.214. The molecule has 0 fully saturated rings. The number of halogens is 1. The number of carbonyl (C=O) groups is 2. The van der Waals surface area contributed by atoms with Crippen molar-refractivity contribution in [1.29, 1.82) is 0 Å². The molecule has 0 unspecified atom stereocenters. The molecule has 0 saturated heterocycles. The standard InChI is InChI=1S/C37H42BrN3O5S/c1-4-6-24-39-37(43)35(25-29-10-8-7-9-11-29)40(26-30-14-12-28(3)13-15-30)36(42)27-41(32-18-20-33(21-19-32)46-5-2)47(44,45)34-22-16-31(38)17-23-34/h7-23,35H,4-6,24-27H2,1-3H3,(H,39,43)/t35-/m0/s1. The SMILES string of the molecule is CCCCNC(=O)[C@H](Cc1ccccc1)N(Cc1ccc(C)cc1)C(=O)CN(c1ccc(OCC)cc1)S(=O)(=O)c1ccc(Br)cc1. The van der Waals surface area contributed by atoms with E-state index in [2.05, 4.69) is 21.2 Å². The Kier molecular flexibility index (Phi) is 13.0. The van der Waals surface area contributed by atoms with E-state index in [0.717, 1.165) is 38.3 Å². The monoisotopic (exact) mass is 719 g/mol. The Morgan fingerprint density at radius 1 is 0.851 bits per heavy atom. The number of benzene rings is 4. The van der Waals surface area contributed by atoms with Gasteiger partial charge >= 0.3 is 0 Å². The molecule has 0 spiro atoms. The Morgan fingerprint density at radius 2 is 1.51 bits per heavy atom. The van der Waals surface area contributed by atoms with Crippen LogP contribution in [-0.2, 0) is 32.6 Å². The summed E-state index contributed by atoms with van der Waals surface area (Å²) in [6.07, 6.45) is 1.96. The summed E-state index contributed by atoms with van der Waals surface area (Å²) in [6, 6.07) is 29.3. The van der Waals surface area contributed by atoms with Crippen LogP contribution in [-0.4, -0.2) is 50.9 Å². The number of hydrogen-bond acceptors (Lipinski definition) is 5. The summed E-state index contributed by atoms with van der Waals surface area (Å²) in [7, 11) is -4.20. The van der Waals surface area contributed by atoms with Crippen LogP contribution in [0.2, 0.25) is 0 Å². The Bertz CT molecular complexity index is 1700. The molecular formula is C37H42BrN3O5S. The second kappa shape index (κ2) is 17.1. The maximum Gasteiger partial charge on any atom is 0.264 e. The summed E-state index contributed by atoms with van der Waals surface area (Å²) in [5.41, 5.74) is 3.07. The molecule has 0 radical (unpaired) electrons. The first-order valence-electron chi connectivity index (χ1n) is 15.8. The summed E-state index contributed by atoms with van der Waals surface area (Å²) in [4.78, 5) is 30.0. The smallest absolute Gasteiger partial charge is 0.264 e. The summed E-state index contributed by atoms with van der Waals surface area (Å²) >= 11 is 3.37. The fourth-order valence-electron chi connectivity index (χ4n) is 5.09. The minimum Gasteiger partial charge on any atom is -0.494 e. The number of anilines is 1. The van der Waals surface area contributed by atoms with Crippen LogP contribution >= 0.6 is 15.9 Å². The van der Waals surface area contributed by atoms with Gasteiger partial charge in [0.1, 0.15) is 18.3 Å². The second-order valence-corrected chi connectivity index (χ2v) is 14.0. The second-order valence-electron chi connectivity index (χ2n) is 11.2. The molecule has 10 heteroatoms. The highest BCUT2D eigenvalue weighted by Gasteiger charge is 2.34. The Balaban J connectivity index is 1.78. The number of unbranched alkanes of at least 4 members (excludes halogenated alkanes) is 1. The average molecular weight is 721 g/mol. The molecule has 0 aliphatic heterocycles. The van der Waals surface area contributed by atoms with Gasteiger partial charge in [0, 0.05) is 24.0 Å². The first-order chi connectivity index (χ1) is 22.6. The third-order valence-corrected chi connectivity index (χ3v) is 10.0. The number of sulfonamides is 1. The number of amides is 2. The molecule has 1 atom stereocenters. The molecule has 4 aromatic rings. The van der Waals surface area contributed by atoms with Gasteiger partial charge in [-0.3, -0.25) is 13.9 Å². The lowest BCUT2D eigenvalue weighted by molar-refractivity contribution is -0.140. The van der Waals surface area contributed by atoms with Gasteiger partial charge in [-0.2, -0.15) is 0 Å². The van der Waals surface area contributed by atoms with E-state index >= 15 is 0 Å². The largest absolute Gasteiger partial charge is 0.494 e. The summed E-state index contributed by atoms with van der Waals surface area (Å²) < 4.78 is 35.8. The molecular weight excluding hydrogens is 678 g/mol. The Morgan fingerprint density at radius 3 is 2.13 bits per heavy atom. The quantitative estimate of drug-likeness (QED) is 0.127. The molecule has 2 amide bonds. The molecule has 4 rings (SSSR count). The van der Waals surface area contributed by atoms with Crippen LogP contribution in [0.3, 0.4) is 0 Å². The predicted octanol–water partition coefficient (Wildman–Crippen LogP) is 6.91. The zero-order valence-corrected chi connectivity index (χ0v) is 29.5. The van der Waals surface area contributed by atoms with E-state index in [1.807, 2.05) is 75.4 Å². The van der Waals surface area contributed by atoms with Gasteiger partial charge in [0.15, 0.2) is 0 Å². The van der Waals surface area contributed by atoms with Crippen molar-refractivity contribution in [3.8, 4) is 5.75 Å². The minimum absolute atomic E-state index is 0.0330. The van der Waals surface area contributed by atoms with E-state index in [0.29, 0.717) is 24.6 Å². The molecule has 1 N–H and O–H groups in total. The first-order valence-corrected chi connectivity index (χ1v) is 18.0. The van der Waals surface area contributed by atoms with E-state index in [4.69, 9.17) is 4.74 Å². The maximum atomic E-state index is 14.6. The van der Waals surface area contributed by atoms with Crippen LogP contribution in [0.25, 0.3) is 0 Å². The molecule has 0 aromatic heterocycles. The number of ether oxygens (including phenoxy) is 1. The Labute approximate surface area is 286 Å². The number of carbonyl (C=O) groups excluding carboxylic acids is 2. The van der Waals surface area contributed by atoms with E-state index in [9.17, 15) is 18.0 Å². The lowest BCUT2D eigenvalue weighted by Crippen LogP contribution is -2.53. The number of rotatable bonds is 16. The predicted molar refractivity (Wildman–Crippen MR) is 190 cm³/mol. The van der Waals surface area contributed by atoms with Crippen LogP contribution in [0.4, 0.5) is 5.69 Å². The molecule has 4 aromatic carbocycles. The van der Waals surface area contributed by atoms with Crippen LogP contribution in [0, 0.1) is 6.92 Å². The zero-order chi connectivity index (χ0) is 33.8. The van der Waals surface area contributed by atoms with Crippen molar-refractivity contribution in [2.24, 2.45) is 0 Å². The topological polar surface area (TPSA) is 96.0 Å². The summed E-state index contributed by atoms with van der Waals surface area (Å²) in [5, 5.41) is 3.02. The van der Waals surface area contributed by atoms with E-state index in [1.54, 1.807) is 36.4 Å². The molecule has 0 aliphatic carbocycles. The number of nitrogens with one attached hydrogen (secondary N) is 1. The van der Waals surface area contributed by atoms with Gasteiger partial charge in [0.05, 0.1) is 17.2 Å². The van der Waals surface area contributed by atoms with Crippen LogP contribution in [0.15, 0.2) is 112 Å². The van der Waals surface area contributed by atoms with Crippen molar-refractivity contribution in [2.75, 3.05) is 24.0 Å². The average Bonchev–Trinajstić information content (AvgIpc) is 3.07. The van der Waals surface area contributed by atoms with Crippen molar-refractivity contribution in [2.45, 2.75) is 57.5 Å². The van der Waals surface area contributed by atoms with Gasteiger partial charge in [-0.15, -0.1) is 0 Å². The minimum atomic E-state index is -4.20. The zero-order valence-electron chi connectivity index (χ0n) is 27.1. The van der Waals surface area contributed by atoms with Crippen molar-refractivity contribution >= 4 is 43.5 Å². The molecule has 47 heavy (non-hydrogen) atoms. The lowest BCUT2D eigenvalue weighted by Gasteiger charge is -2.34. The molecule has 0 heterocycles. The van der Waals surface area contributed by atoms with Gasteiger partial charge in [-0.05, 0) is 79.9 Å². The first kappa shape index (κ1) is 35.7. The Hall–Kier alpha value is -4.15. The van der Waals surface area contributed by atoms with Gasteiger partial charge in [-0.25, -0.2) is 8.42 Å². The van der Waals surface area contributed by atoms with Gasteiger partial charge < -0.3 is 15.0 Å². The number of aryl methyl sites for hydroxylation is 1. The van der Waals surface area contributed by atoms with Gasteiger partial charge in [0.2, 0.25) is 11.8 Å². The van der Waals surface area contributed by atoms with Crippen LogP contribution < -0.4 is 14.4 Å². The van der Waals surface area contributed by atoms with E-state index in [1.165, 1.54) is 17.0 Å². The lowest BCUT2D eigenvalue weighted by atomic mass is 10.0.